The maximum Gasteiger partial charge on any atom is 0.310 e. The minimum absolute atomic E-state index is 0.195. The Bertz CT molecular complexity index is 404. The molecule has 3 nitrogen and oxygen atoms in total. The van der Waals surface area contributed by atoms with Gasteiger partial charge >= 0.3 is 5.97 Å². The fourth-order valence-electron chi connectivity index (χ4n) is 1.67. The van der Waals surface area contributed by atoms with Crippen LogP contribution < -0.4 is 9.64 Å². The number of anilines is 1. The molecule has 1 aliphatic heterocycles. The van der Waals surface area contributed by atoms with Gasteiger partial charge in [-0.15, -0.1) is 0 Å². The minimum atomic E-state index is -0.195. The molecule has 0 aliphatic carbocycles. The van der Waals surface area contributed by atoms with Crippen LogP contribution in [0.1, 0.15) is 13.3 Å². The van der Waals surface area contributed by atoms with Gasteiger partial charge in [0.05, 0.1) is 5.69 Å². The molecule has 16 heavy (non-hydrogen) atoms. The Morgan fingerprint density at radius 3 is 2.69 bits per heavy atom. The Morgan fingerprint density at radius 2 is 2.00 bits per heavy atom. The van der Waals surface area contributed by atoms with Crippen LogP contribution in [0.4, 0.5) is 5.69 Å². The number of para-hydroxylation sites is 2. The van der Waals surface area contributed by atoms with Crippen LogP contribution >= 0.6 is 0 Å². The van der Waals surface area contributed by atoms with Gasteiger partial charge in [-0.2, -0.15) is 0 Å². The van der Waals surface area contributed by atoms with Gasteiger partial charge in [0.25, 0.3) is 0 Å². The molecule has 0 saturated carbocycles. The van der Waals surface area contributed by atoms with Gasteiger partial charge in [0, 0.05) is 19.5 Å². The third-order valence-electron chi connectivity index (χ3n) is 2.54. The lowest BCUT2D eigenvalue weighted by Gasteiger charge is -2.20. The number of esters is 1. The van der Waals surface area contributed by atoms with Crippen molar-refractivity contribution in [3.8, 4) is 5.75 Å². The Hall–Kier alpha value is -1.77. The van der Waals surface area contributed by atoms with Crippen molar-refractivity contribution in [3.63, 3.8) is 0 Å². The number of rotatable bonds is 3. The first-order valence-corrected chi connectivity index (χ1v) is 5.51. The molecular formula is C13H15NO2. The van der Waals surface area contributed by atoms with E-state index in [1.807, 2.05) is 24.3 Å². The lowest BCUT2D eigenvalue weighted by atomic mass is 10.2. The predicted octanol–water partition coefficient (Wildman–Crippen LogP) is 2.38. The Morgan fingerprint density at radius 1 is 1.31 bits per heavy atom. The topological polar surface area (TPSA) is 29.5 Å². The number of hydrogen-bond acceptors (Lipinski definition) is 3. The van der Waals surface area contributed by atoms with E-state index < -0.39 is 0 Å². The maximum absolute atomic E-state index is 11.3. The van der Waals surface area contributed by atoms with Crippen molar-refractivity contribution in [2.75, 3.05) is 18.0 Å². The molecule has 1 aromatic carbocycles. The average molecular weight is 217 g/mol. The number of ether oxygens (including phenoxy) is 1. The van der Waals surface area contributed by atoms with Gasteiger partial charge in [-0.1, -0.05) is 31.2 Å². The van der Waals surface area contributed by atoms with Crippen molar-refractivity contribution in [3.05, 3.63) is 36.4 Å². The Balaban J connectivity index is 2.20. The molecule has 0 bridgehead atoms. The normalized spacial score (nSPS) is 14.2. The van der Waals surface area contributed by atoms with Crippen LogP contribution in [0.2, 0.25) is 0 Å². The molecule has 3 heteroatoms. The molecule has 0 atom stereocenters. The molecule has 0 saturated heterocycles. The standard InChI is InChI=1S/C13H15NO2/c1-2-13(15)16-12-8-4-3-7-11(12)14-9-5-6-10-14/h3-8H,2,9-10H2,1H3. The molecule has 0 unspecified atom stereocenters. The summed E-state index contributed by atoms with van der Waals surface area (Å²) in [5.74, 6) is 0.456. The lowest BCUT2D eigenvalue weighted by Crippen LogP contribution is -2.20. The van der Waals surface area contributed by atoms with Gasteiger partial charge in [0.1, 0.15) is 0 Å². The molecule has 84 valence electrons. The van der Waals surface area contributed by atoms with E-state index in [2.05, 4.69) is 17.1 Å². The quantitative estimate of drug-likeness (QED) is 0.442. The fourth-order valence-corrected chi connectivity index (χ4v) is 1.67. The zero-order valence-electron chi connectivity index (χ0n) is 9.35. The summed E-state index contributed by atoms with van der Waals surface area (Å²) in [6, 6.07) is 7.65. The Kier molecular flexibility index (Phi) is 3.25. The summed E-state index contributed by atoms with van der Waals surface area (Å²) in [7, 11) is 0. The predicted molar refractivity (Wildman–Crippen MR) is 63.7 cm³/mol. The van der Waals surface area contributed by atoms with E-state index in [0.29, 0.717) is 12.2 Å². The summed E-state index contributed by atoms with van der Waals surface area (Å²) < 4.78 is 5.30. The molecule has 1 heterocycles. The van der Waals surface area contributed by atoms with E-state index in [1.165, 1.54) is 0 Å². The monoisotopic (exact) mass is 217 g/mol. The molecule has 0 fully saturated rings. The third kappa shape index (κ3) is 2.24. The van der Waals surface area contributed by atoms with Crippen LogP contribution in [0, 0.1) is 0 Å². The van der Waals surface area contributed by atoms with Crippen LogP contribution in [0.25, 0.3) is 0 Å². The fraction of sp³-hybridized carbons (Fsp3) is 0.308. The highest BCUT2D eigenvalue weighted by Crippen LogP contribution is 2.29. The number of carbonyl (C=O) groups is 1. The van der Waals surface area contributed by atoms with Crippen molar-refractivity contribution in [1.82, 2.24) is 0 Å². The van der Waals surface area contributed by atoms with Crippen LogP contribution in [-0.4, -0.2) is 19.1 Å². The van der Waals surface area contributed by atoms with Gasteiger partial charge in [0.15, 0.2) is 5.75 Å². The van der Waals surface area contributed by atoms with Crippen molar-refractivity contribution >= 4 is 11.7 Å². The summed E-state index contributed by atoms with van der Waals surface area (Å²) in [6.07, 6.45) is 4.61. The summed E-state index contributed by atoms with van der Waals surface area (Å²) in [5, 5.41) is 0. The number of benzene rings is 1. The molecule has 0 radical (unpaired) electrons. The van der Waals surface area contributed by atoms with E-state index in [9.17, 15) is 4.79 Å². The van der Waals surface area contributed by atoms with E-state index in [0.717, 1.165) is 18.8 Å². The molecule has 2 rings (SSSR count). The number of hydrogen-bond donors (Lipinski definition) is 0. The van der Waals surface area contributed by atoms with Crippen molar-refractivity contribution in [1.29, 1.82) is 0 Å². The van der Waals surface area contributed by atoms with Crippen LogP contribution in [-0.2, 0) is 4.79 Å². The SMILES string of the molecule is CCC(=O)Oc1ccccc1N1CC=CC1. The Labute approximate surface area is 95.3 Å². The molecule has 0 aromatic heterocycles. The first-order chi connectivity index (χ1) is 7.81. The zero-order valence-corrected chi connectivity index (χ0v) is 9.35. The first-order valence-electron chi connectivity index (χ1n) is 5.51. The maximum atomic E-state index is 11.3. The summed E-state index contributed by atoms with van der Waals surface area (Å²) in [4.78, 5) is 13.5. The zero-order chi connectivity index (χ0) is 11.4. The minimum Gasteiger partial charge on any atom is -0.424 e. The molecule has 1 aliphatic rings. The van der Waals surface area contributed by atoms with Gasteiger partial charge < -0.3 is 9.64 Å². The van der Waals surface area contributed by atoms with E-state index in [4.69, 9.17) is 4.74 Å². The van der Waals surface area contributed by atoms with Crippen molar-refractivity contribution < 1.29 is 9.53 Å². The highest BCUT2D eigenvalue weighted by Gasteiger charge is 2.14. The van der Waals surface area contributed by atoms with Crippen LogP contribution in [0.3, 0.4) is 0 Å². The molecule has 1 aromatic rings. The molecular weight excluding hydrogens is 202 g/mol. The van der Waals surface area contributed by atoms with Gasteiger partial charge in [-0.05, 0) is 12.1 Å². The second-order valence-corrected chi connectivity index (χ2v) is 3.67. The van der Waals surface area contributed by atoms with Crippen molar-refractivity contribution in [2.24, 2.45) is 0 Å². The third-order valence-corrected chi connectivity index (χ3v) is 2.54. The van der Waals surface area contributed by atoms with Gasteiger partial charge in [-0.25, -0.2) is 0 Å². The molecule has 0 spiro atoms. The van der Waals surface area contributed by atoms with Crippen LogP contribution in [0.15, 0.2) is 36.4 Å². The summed E-state index contributed by atoms with van der Waals surface area (Å²) >= 11 is 0. The smallest absolute Gasteiger partial charge is 0.310 e. The van der Waals surface area contributed by atoms with Crippen LogP contribution in [0.5, 0.6) is 5.75 Å². The largest absolute Gasteiger partial charge is 0.424 e. The van der Waals surface area contributed by atoms with E-state index in [1.54, 1.807) is 6.92 Å². The summed E-state index contributed by atoms with van der Waals surface area (Å²) in [6.45, 7) is 3.55. The first kappa shape index (κ1) is 10.7. The highest BCUT2D eigenvalue weighted by atomic mass is 16.5. The second kappa shape index (κ2) is 4.84. The number of nitrogens with zero attached hydrogens (tertiary/aromatic N) is 1. The second-order valence-electron chi connectivity index (χ2n) is 3.67. The molecule has 0 N–H and O–H groups in total. The average Bonchev–Trinajstić information content (AvgIpc) is 2.83. The molecule has 0 amide bonds. The number of carbonyl (C=O) groups excluding carboxylic acids is 1. The summed E-state index contributed by atoms with van der Waals surface area (Å²) in [5.41, 5.74) is 0.981. The lowest BCUT2D eigenvalue weighted by molar-refractivity contribution is -0.133. The van der Waals surface area contributed by atoms with Crippen molar-refractivity contribution in [2.45, 2.75) is 13.3 Å². The van der Waals surface area contributed by atoms with Gasteiger partial charge in [-0.3, -0.25) is 4.79 Å². The highest BCUT2D eigenvalue weighted by molar-refractivity contribution is 5.75. The van der Waals surface area contributed by atoms with E-state index >= 15 is 0 Å². The van der Waals surface area contributed by atoms with E-state index in [-0.39, 0.29) is 5.97 Å². The van der Waals surface area contributed by atoms with Gasteiger partial charge in [0.2, 0.25) is 0 Å².